The van der Waals surface area contributed by atoms with Gasteiger partial charge in [0.1, 0.15) is 11.8 Å². The number of benzene rings is 1. The fraction of sp³-hybridized carbons (Fsp3) is 0.0952. The van der Waals surface area contributed by atoms with Crippen LogP contribution in [0.4, 0.5) is 5.69 Å². The summed E-state index contributed by atoms with van der Waals surface area (Å²) >= 11 is 1.26. The van der Waals surface area contributed by atoms with Crippen LogP contribution in [0.2, 0.25) is 0 Å². The van der Waals surface area contributed by atoms with Crippen molar-refractivity contribution in [2.24, 2.45) is 0 Å². The van der Waals surface area contributed by atoms with Crippen LogP contribution in [0.15, 0.2) is 77.5 Å². The molecule has 3 heterocycles. The lowest BCUT2D eigenvalue weighted by atomic mass is 9.98. The van der Waals surface area contributed by atoms with Gasteiger partial charge in [0.05, 0.1) is 23.3 Å². The first-order valence-electron chi connectivity index (χ1n) is 8.51. The molecule has 1 aliphatic heterocycles. The van der Waals surface area contributed by atoms with E-state index in [1.54, 1.807) is 73.3 Å². The summed E-state index contributed by atoms with van der Waals surface area (Å²) in [6.45, 7) is 0. The number of rotatable bonds is 5. The molecule has 1 N–H and O–H groups in total. The second kappa shape index (κ2) is 7.28. The van der Waals surface area contributed by atoms with Crippen LogP contribution in [0.3, 0.4) is 0 Å². The molecule has 4 rings (SSSR count). The Hall–Kier alpha value is -3.45. The number of aromatic nitrogens is 1. The summed E-state index contributed by atoms with van der Waals surface area (Å²) in [5.74, 6) is -0.935. The first-order chi connectivity index (χ1) is 13.6. The van der Waals surface area contributed by atoms with Gasteiger partial charge in [0.2, 0.25) is 5.78 Å². The van der Waals surface area contributed by atoms with Crippen LogP contribution < -0.4 is 9.64 Å². The van der Waals surface area contributed by atoms with E-state index in [1.165, 1.54) is 16.2 Å². The van der Waals surface area contributed by atoms with Crippen LogP contribution in [0.5, 0.6) is 5.75 Å². The minimum Gasteiger partial charge on any atom is -0.503 e. The number of ketones is 1. The summed E-state index contributed by atoms with van der Waals surface area (Å²) in [6, 6.07) is 14.7. The van der Waals surface area contributed by atoms with Gasteiger partial charge in [-0.15, -0.1) is 11.3 Å². The Kier molecular flexibility index (Phi) is 4.67. The zero-order chi connectivity index (χ0) is 19.7. The van der Waals surface area contributed by atoms with Gasteiger partial charge in [-0.1, -0.05) is 12.1 Å². The van der Waals surface area contributed by atoms with E-state index in [4.69, 9.17) is 4.74 Å². The van der Waals surface area contributed by atoms with Gasteiger partial charge in [-0.2, -0.15) is 0 Å². The molecule has 0 radical (unpaired) electrons. The average molecular weight is 392 g/mol. The summed E-state index contributed by atoms with van der Waals surface area (Å²) in [5.41, 5.74) is 1.06. The van der Waals surface area contributed by atoms with Gasteiger partial charge in [0.25, 0.3) is 5.91 Å². The molecule has 3 aromatic rings. The van der Waals surface area contributed by atoms with E-state index in [0.717, 1.165) is 0 Å². The number of carbonyl (C=O) groups excluding carboxylic acids is 2. The summed E-state index contributed by atoms with van der Waals surface area (Å²) in [6.07, 6.45) is 1.59. The highest BCUT2D eigenvalue weighted by Crippen LogP contribution is 2.41. The number of amides is 1. The van der Waals surface area contributed by atoms with Crippen molar-refractivity contribution in [1.29, 1.82) is 0 Å². The molecule has 1 aliphatic rings. The number of methoxy groups -OCH3 is 1. The number of aliphatic hydroxyl groups is 1. The molecule has 1 aromatic carbocycles. The number of thiophene rings is 1. The van der Waals surface area contributed by atoms with E-state index in [9.17, 15) is 14.7 Å². The number of aliphatic hydroxyl groups excluding tert-OH is 1. The van der Waals surface area contributed by atoms with Crippen molar-refractivity contribution in [3.05, 3.63) is 88.1 Å². The van der Waals surface area contributed by atoms with E-state index < -0.39 is 17.7 Å². The zero-order valence-corrected chi connectivity index (χ0v) is 15.7. The molecular weight excluding hydrogens is 376 g/mol. The molecule has 28 heavy (non-hydrogen) atoms. The Labute approximate surface area is 165 Å². The summed E-state index contributed by atoms with van der Waals surface area (Å²) in [4.78, 5) is 32.2. The molecule has 1 unspecified atom stereocenters. The van der Waals surface area contributed by atoms with Crippen LogP contribution >= 0.6 is 11.3 Å². The third-order valence-corrected chi connectivity index (χ3v) is 5.38. The van der Waals surface area contributed by atoms with Crippen LogP contribution in [-0.2, 0) is 4.79 Å². The van der Waals surface area contributed by atoms with Crippen LogP contribution in [-0.4, -0.2) is 28.9 Å². The molecule has 1 amide bonds. The van der Waals surface area contributed by atoms with Crippen molar-refractivity contribution in [3.8, 4) is 5.75 Å². The maximum atomic E-state index is 13.1. The molecular formula is C21H16N2O4S. The molecule has 0 spiro atoms. The Morgan fingerprint density at radius 2 is 1.93 bits per heavy atom. The van der Waals surface area contributed by atoms with Gasteiger partial charge in [0, 0.05) is 11.9 Å². The quantitative estimate of drug-likeness (QED) is 0.666. The number of hydrogen-bond acceptors (Lipinski definition) is 6. The normalized spacial score (nSPS) is 16.5. The molecule has 7 heteroatoms. The smallest absolute Gasteiger partial charge is 0.294 e. The SMILES string of the molecule is COc1ccc(N2C(=O)C(O)=C(C(=O)c3cccs3)C2c2ccccn2)cc1. The van der Waals surface area contributed by atoms with E-state index in [2.05, 4.69) is 4.98 Å². The second-order valence-corrected chi connectivity index (χ2v) is 7.05. The maximum Gasteiger partial charge on any atom is 0.294 e. The van der Waals surface area contributed by atoms with Crippen LogP contribution in [0.1, 0.15) is 21.4 Å². The molecule has 0 saturated carbocycles. The molecule has 1 atom stereocenters. The maximum absolute atomic E-state index is 13.1. The minimum atomic E-state index is -0.823. The Morgan fingerprint density at radius 3 is 2.54 bits per heavy atom. The number of hydrogen-bond donors (Lipinski definition) is 1. The fourth-order valence-electron chi connectivity index (χ4n) is 3.20. The second-order valence-electron chi connectivity index (χ2n) is 6.10. The molecule has 6 nitrogen and oxygen atoms in total. The third kappa shape index (κ3) is 2.95. The fourth-order valence-corrected chi connectivity index (χ4v) is 3.88. The number of Topliss-reactive ketones (excluding diaryl/α,β-unsaturated/α-hetero) is 1. The van der Waals surface area contributed by atoms with Gasteiger partial charge in [0.15, 0.2) is 5.76 Å². The summed E-state index contributed by atoms with van der Waals surface area (Å²) in [7, 11) is 1.55. The molecule has 0 bridgehead atoms. The van der Waals surface area contributed by atoms with Gasteiger partial charge < -0.3 is 9.84 Å². The van der Waals surface area contributed by atoms with Crippen LogP contribution in [0, 0.1) is 0 Å². The van der Waals surface area contributed by atoms with Crippen molar-refractivity contribution in [3.63, 3.8) is 0 Å². The Morgan fingerprint density at radius 1 is 1.14 bits per heavy atom. The van der Waals surface area contributed by atoms with Crippen molar-refractivity contribution in [1.82, 2.24) is 4.98 Å². The lowest BCUT2D eigenvalue weighted by Gasteiger charge is -2.26. The van der Waals surface area contributed by atoms with Crippen molar-refractivity contribution in [2.75, 3.05) is 12.0 Å². The van der Waals surface area contributed by atoms with E-state index in [-0.39, 0.29) is 11.4 Å². The molecule has 2 aromatic heterocycles. The van der Waals surface area contributed by atoms with E-state index in [1.807, 2.05) is 0 Å². The lowest BCUT2D eigenvalue weighted by Crippen LogP contribution is -2.31. The predicted octanol–water partition coefficient (Wildman–Crippen LogP) is 3.93. The zero-order valence-electron chi connectivity index (χ0n) is 14.9. The first kappa shape index (κ1) is 17.9. The number of carbonyl (C=O) groups is 2. The standard InChI is InChI=1S/C21H16N2O4S/c1-27-14-9-7-13(8-10-14)23-18(15-5-2-3-11-22-15)17(20(25)21(23)26)19(24)16-6-4-12-28-16/h2-12,18,25H,1H3. The molecule has 0 aliphatic carbocycles. The highest BCUT2D eigenvalue weighted by molar-refractivity contribution is 7.12. The highest BCUT2D eigenvalue weighted by atomic mass is 32.1. The monoisotopic (exact) mass is 392 g/mol. The summed E-state index contributed by atoms with van der Waals surface area (Å²) in [5, 5.41) is 12.4. The molecule has 140 valence electrons. The average Bonchev–Trinajstić information content (AvgIpc) is 3.36. The van der Waals surface area contributed by atoms with Gasteiger partial charge in [-0.3, -0.25) is 19.5 Å². The molecule has 0 saturated heterocycles. The van der Waals surface area contributed by atoms with Gasteiger partial charge >= 0.3 is 0 Å². The highest BCUT2D eigenvalue weighted by Gasteiger charge is 2.45. The van der Waals surface area contributed by atoms with E-state index in [0.29, 0.717) is 22.0 Å². The first-order valence-corrected chi connectivity index (χ1v) is 9.39. The predicted molar refractivity (Wildman–Crippen MR) is 106 cm³/mol. The number of anilines is 1. The topological polar surface area (TPSA) is 79.7 Å². The molecule has 0 fully saturated rings. The Bertz CT molecular complexity index is 1040. The number of pyridine rings is 1. The lowest BCUT2D eigenvalue weighted by molar-refractivity contribution is -0.117. The Balaban J connectivity index is 1.85. The summed E-state index contributed by atoms with van der Waals surface area (Å²) < 4.78 is 5.17. The van der Waals surface area contributed by atoms with Crippen molar-refractivity contribution in [2.45, 2.75) is 6.04 Å². The number of ether oxygens (including phenoxy) is 1. The van der Waals surface area contributed by atoms with Crippen LogP contribution in [0.25, 0.3) is 0 Å². The third-order valence-electron chi connectivity index (χ3n) is 4.52. The minimum absolute atomic E-state index is 0.0296. The van der Waals surface area contributed by atoms with Crippen molar-refractivity contribution >= 4 is 28.7 Å². The van der Waals surface area contributed by atoms with Gasteiger partial charge in [-0.05, 0) is 47.8 Å². The van der Waals surface area contributed by atoms with Gasteiger partial charge in [-0.25, -0.2) is 0 Å². The van der Waals surface area contributed by atoms with Crippen molar-refractivity contribution < 1.29 is 19.4 Å². The number of nitrogens with zero attached hydrogens (tertiary/aromatic N) is 2. The largest absolute Gasteiger partial charge is 0.503 e. The van der Waals surface area contributed by atoms with E-state index >= 15 is 0 Å².